The van der Waals surface area contributed by atoms with Gasteiger partial charge in [-0.2, -0.15) is 0 Å². The number of benzene rings is 1. The van der Waals surface area contributed by atoms with Crippen LogP contribution >= 0.6 is 0 Å². The van der Waals surface area contributed by atoms with Gasteiger partial charge in [0.25, 0.3) is 5.69 Å². The third-order valence-electron chi connectivity index (χ3n) is 3.20. The Labute approximate surface area is 134 Å². The molecule has 1 heterocycles. The molecule has 1 N–H and O–H groups in total. The fourth-order valence-corrected chi connectivity index (χ4v) is 2.06. The lowest BCUT2D eigenvalue weighted by molar-refractivity contribution is -0.384. The van der Waals surface area contributed by atoms with Crippen molar-refractivity contribution < 1.29 is 28.8 Å². The smallest absolute Gasteiger partial charge is 0.372 e. The maximum Gasteiger partial charge on any atom is 0.372 e. The van der Waals surface area contributed by atoms with Crippen LogP contribution in [0.25, 0.3) is 0 Å². The van der Waals surface area contributed by atoms with Gasteiger partial charge in [0.2, 0.25) is 5.78 Å². The molecule has 1 aromatic carbocycles. The molecule has 2 aromatic rings. The van der Waals surface area contributed by atoms with Crippen molar-refractivity contribution >= 4 is 23.2 Å². The van der Waals surface area contributed by atoms with Gasteiger partial charge in [-0.25, -0.2) is 9.18 Å². The van der Waals surface area contributed by atoms with Crippen molar-refractivity contribution in [1.82, 2.24) is 4.57 Å². The molecule has 0 aliphatic carbocycles. The fourth-order valence-electron chi connectivity index (χ4n) is 2.06. The van der Waals surface area contributed by atoms with Gasteiger partial charge in [-0.3, -0.25) is 19.7 Å². The van der Waals surface area contributed by atoms with Crippen molar-refractivity contribution in [3.63, 3.8) is 0 Å². The SMILES string of the molecule is O=C(O)C(=O)CC(=O)c1cc([N+](=O)[O-])cn1Cc1ccc(F)cc1. The largest absolute Gasteiger partial charge is 0.475 e. The highest BCUT2D eigenvalue weighted by Gasteiger charge is 2.23. The second kappa shape index (κ2) is 6.82. The molecule has 2 rings (SSSR count). The van der Waals surface area contributed by atoms with Crippen LogP contribution in [0.2, 0.25) is 0 Å². The number of rotatable bonds is 7. The minimum absolute atomic E-state index is 0.0243. The zero-order chi connectivity index (χ0) is 17.9. The predicted octanol–water partition coefficient (Wildman–Crippen LogP) is 1.81. The average molecular weight is 334 g/mol. The molecule has 0 radical (unpaired) electrons. The molecule has 0 aliphatic rings. The number of carbonyl (C=O) groups excluding carboxylic acids is 2. The van der Waals surface area contributed by atoms with E-state index in [0.717, 1.165) is 12.3 Å². The summed E-state index contributed by atoms with van der Waals surface area (Å²) in [7, 11) is 0. The van der Waals surface area contributed by atoms with Crippen molar-refractivity contribution in [3.8, 4) is 0 Å². The van der Waals surface area contributed by atoms with E-state index in [1.807, 2.05) is 0 Å². The molecule has 8 nitrogen and oxygen atoms in total. The van der Waals surface area contributed by atoms with Crippen molar-refractivity contribution in [2.45, 2.75) is 13.0 Å². The lowest BCUT2D eigenvalue weighted by atomic mass is 10.1. The van der Waals surface area contributed by atoms with E-state index in [1.54, 1.807) is 0 Å². The van der Waals surface area contributed by atoms with Gasteiger partial charge in [-0.1, -0.05) is 12.1 Å². The first-order chi connectivity index (χ1) is 11.3. The number of carbonyl (C=O) groups is 3. The molecule has 9 heteroatoms. The van der Waals surface area contributed by atoms with Crippen LogP contribution in [-0.2, 0) is 16.1 Å². The molecule has 124 valence electrons. The lowest BCUT2D eigenvalue weighted by Gasteiger charge is -2.07. The topological polar surface area (TPSA) is 120 Å². The van der Waals surface area contributed by atoms with E-state index in [-0.39, 0.29) is 17.9 Å². The zero-order valence-electron chi connectivity index (χ0n) is 12.1. The molecule has 0 unspecified atom stereocenters. The van der Waals surface area contributed by atoms with Gasteiger partial charge in [-0.05, 0) is 17.7 Å². The van der Waals surface area contributed by atoms with Crippen LogP contribution in [0.15, 0.2) is 36.5 Å². The molecule has 24 heavy (non-hydrogen) atoms. The molecule has 0 bridgehead atoms. The van der Waals surface area contributed by atoms with E-state index in [2.05, 4.69) is 0 Å². The average Bonchev–Trinajstić information content (AvgIpc) is 2.93. The summed E-state index contributed by atoms with van der Waals surface area (Å²) in [5.41, 5.74) is 0.0318. The molecule has 0 amide bonds. The highest BCUT2D eigenvalue weighted by molar-refractivity contribution is 6.37. The Bertz CT molecular complexity index is 825. The van der Waals surface area contributed by atoms with Crippen LogP contribution in [0.4, 0.5) is 10.1 Å². The minimum Gasteiger partial charge on any atom is -0.475 e. The van der Waals surface area contributed by atoms with Crippen molar-refractivity contribution in [3.05, 3.63) is 63.7 Å². The molecular formula is C15H11FN2O6. The lowest BCUT2D eigenvalue weighted by Crippen LogP contribution is -2.19. The van der Waals surface area contributed by atoms with E-state index in [0.29, 0.717) is 5.56 Å². The number of carboxylic acids is 1. The molecule has 0 spiro atoms. The first-order valence-corrected chi connectivity index (χ1v) is 6.66. The number of aliphatic carboxylic acids is 1. The first kappa shape index (κ1) is 17.0. The number of nitrogens with zero attached hydrogens (tertiary/aromatic N) is 2. The number of nitro groups is 1. The van der Waals surface area contributed by atoms with Gasteiger partial charge in [0.15, 0.2) is 5.78 Å². The van der Waals surface area contributed by atoms with Crippen LogP contribution in [0, 0.1) is 15.9 Å². The number of hydrogen-bond acceptors (Lipinski definition) is 5. The molecule has 0 saturated heterocycles. The van der Waals surface area contributed by atoms with E-state index >= 15 is 0 Å². The Morgan fingerprint density at radius 1 is 1.21 bits per heavy atom. The Morgan fingerprint density at radius 3 is 2.38 bits per heavy atom. The number of ketones is 2. The summed E-state index contributed by atoms with van der Waals surface area (Å²) in [6.07, 6.45) is 0.196. The molecule has 0 aliphatic heterocycles. The van der Waals surface area contributed by atoms with Gasteiger partial charge in [0, 0.05) is 12.6 Å². The maximum absolute atomic E-state index is 12.9. The number of Topliss-reactive ketones (excluding diaryl/α,β-unsaturated/α-hetero) is 2. The highest BCUT2D eigenvalue weighted by Crippen LogP contribution is 2.20. The summed E-state index contributed by atoms with van der Waals surface area (Å²) >= 11 is 0. The second-order valence-electron chi connectivity index (χ2n) is 4.92. The standard InChI is InChI=1S/C15H11FN2O6/c16-10-3-1-9(2-4-10)7-17-8-11(18(23)24)5-12(17)13(19)6-14(20)15(21)22/h1-5,8H,6-7H2,(H,21,22). The van der Waals surface area contributed by atoms with Crippen LogP contribution in [0.5, 0.6) is 0 Å². The molecule has 0 atom stereocenters. The van der Waals surface area contributed by atoms with Gasteiger partial charge in [0.1, 0.15) is 5.82 Å². The van der Waals surface area contributed by atoms with Gasteiger partial charge in [0.05, 0.1) is 23.2 Å². The number of hydrogen-bond donors (Lipinski definition) is 1. The first-order valence-electron chi connectivity index (χ1n) is 6.66. The van der Waals surface area contributed by atoms with Crippen molar-refractivity contribution in [1.29, 1.82) is 0 Å². The van der Waals surface area contributed by atoms with Crippen molar-refractivity contribution in [2.24, 2.45) is 0 Å². The van der Waals surface area contributed by atoms with Crippen LogP contribution < -0.4 is 0 Å². The molecule has 0 saturated carbocycles. The van der Waals surface area contributed by atoms with E-state index in [4.69, 9.17) is 5.11 Å². The highest BCUT2D eigenvalue weighted by atomic mass is 19.1. The van der Waals surface area contributed by atoms with E-state index in [9.17, 15) is 28.9 Å². The molecule has 0 fully saturated rings. The van der Waals surface area contributed by atoms with Crippen molar-refractivity contribution in [2.75, 3.05) is 0 Å². The summed E-state index contributed by atoms with van der Waals surface area (Å²) in [6, 6.07) is 6.25. The normalized spacial score (nSPS) is 10.4. The monoisotopic (exact) mass is 334 g/mol. The minimum atomic E-state index is -1.76. The van der Waals surface area contributed by atoms with E-state index in [1.165, 1.54) is 28.8 Å². The third kappa shape index (κ3) is 3.88. The predicted molar refractivity (Wildman–Crippen MR) is 78.2 cm³/mol. The molecular weight excluding hydrogens is 323 g/mol. The maximum atomic E-state index is 12.9. The third-order valence-corrected chi connectivity index (χ3v) is 3.20. The quantitative estimate of drug-likeness (QED) is 0.271. The Hall–Kier alpha value is -3.36. The molecule has 1 aromatic heterocycles. The Balaban J connectivity index is 2.33. The van der Waals surface area contributed by atoms with E-state index < -0.39 is 34.7 Å². The zero-order valence-corrected chi connectivity index (χ0v) is 12.1. The summed E-state index contributed by atoms with van der Waals surface area (Å²) in [6.45, 7) is 0.0243. The van der Waals surface area contributed by atoms with Crippen LogP contribution in [0.3, 0.4) is 0 Å². The van der Waals surface area contributed by atoms with Gasteiger partial charge >= 0.3 is 5.97 Å². The van der Waals surface area contributed by atoms with Crippen LogP contribution in [0.1, 0.15) is 22.5 Å². The summed E-state index contributed by atoms with van der Waals surface area (Å²) in [4.78, 5) is 44.0. The Kier molecular flexibility index (Phi) is 4.83. The second-order valence-corrected chi connectivity index (χ2v) is 4.92. The number of carboxylic acid groups (broad SMARTS) is 1. The number of aromatic nitrogens is 1. The van der Waals surface area contributed by atoms with Gasteiger partial charge < -0.3 is 9.67 Å². The summed E-state index contributed by atoms with van der Waals surface area (Å²) < 4.78 is 14.1. The summed E-state index contributed by atoms with van der Waals surface area (Å²) in [5, 5.41) is 19.4. The Morgan fingerprint density at radius 2 is 1.83 bits per heavy atom. The number of halogens is 1. The van der Waals surface area contributed by atoms with Gasteiger partial charge in [-0.15, -0.1) is 0 Å². The van der Waals surface area contributed by atoms with Crippen LogP contribution in [-0.4, -0.2) is 32.1 Å². The summed E-state index contributed by atoms with van der Waals surface area (Å²) in [5.74, 6) is -4.37. The fraction of sp³-hybridized carbons (Fsp3) is 0.133.